The number of nitrogens with one attached hydrogen (secondary N) is 1. The molecule has 138 valence electrons. The van der Waals surface area contributed by atoms with Gasteiger partial charge in [-0.05, 0) is 68.8 Å². The summed E-state index contributed by atoms with van der Waals surface area (Å²) in [6, 6.07) is 10.2. The molecule has 0 atom stereocenters. The van der Waals surface area contributed by atoms with Crippen molar-refractivity contribution in [2.45, 2.75) is 25.7 Å². The number of hydrogen-bond donors (Lipinski definition) is 1. The Kier molecular flexibility index (Phi) is 6.69. The van der Waals surface area contributed by atoms with Crippen molar-refractivity contribution in [3.63, 3.8) is 0 Å². The summed E-state index contributed by atoms with van der Waals surface area (Å²) in [4.78, 5) is 8.33. The highest BCUT2D eigenvalue weighted by molar-refractivity contribution is 5.90. The first kappa shape index (κ1) is 18.8. The van der Waals surface area contributed by atoms with Gasteiger partial charge in [-0.15, -0.1) is 0 Å². The van der Waals surface area contributed by atoms with E-state index in [1.807, 2.05) is 12.1 Å². The minimum absolute atomic E-state index is 0.268. The molecule has 27 heavy (non-hydrogen) atoms. The second kappa shape index (κ2) is 9.62. The highest BCUT2D eigenvalue weighted by Gasteiger charge is 2.11. The van der Waals surface area contributed by atoms with Gasteiger partial charge in [0.1, 0.15) is 5.82 Å². The van der Waals surface area contributed by atoms with E-state index in [0.717, 1.165) is 49.1 Å². The number of halogens is 1. The quantitative estimate of drug-likeness (QED) is 0.505. The van der Waals surface area contributed by atoms with E-state index in [-0.39, 0.29) is 5.82 Å². The summed E-state index contributed by atoms with van der Waals surface area (Å²) < 4.78 is 13.3. The highest BCUT2D eigenvalue weighted by atomic mass is 19.1. The van der Waals surface area contributed by atoms with Gasteiger partial charge in [-0.2, -0.15) is 0 Å². The molecule has 1 heterocycles. The lowest BCUT2D eigenvalue weighted by molar-refractivity contribution is 0.627. The molecule has 0 unspecified atom stereocenters. The summed E-state index contributed by atoms with van der Waals surface area (Å²) in [5, 5.41) is 3.52. The summed E-state index contributed by atoms with van der Waals surface area (Å²) in [6.45, 7) is 4.55. The molecule has 1 aromatic carbocycles. The molecule has 4 heteroatoms. The number of aromatic nitrogens is 1. The average molecular weight is 361 g/mol. The van der Waals surface area contributed by atoms with Crippen molar-refractivity contribution in [1.82, 2.24) is 10.3 Å². The van der Waals surface area contributed by atoms with Crippen LogP contribution in [0.15, 0.2) is 77.6 Å². The zero-order valence-corrected chi connectivity index (χ0v) is 15.4. The van der Waals surface area contributed by atoms with Crippen molar-refractivity contribution in [2.75, 3.05) is 6.54 Å². The van der Waals surface area contributed by atoms with Crippen LogP contribution in [0, 0.1) is 5.82 Å². The van der Waals surface area contributed by atoms with Crippen LogP contribution in [0.2, 0.25) is 0 Å². The molecule has 0 saturated carbocycles. The Balaban J connectivity index is 1.80. The van der Waals surface area contributed by atoms with E-state index in [1.165, 1.54) is 17.7 Å². The second-order valence-corrected chi connectivity index (χ2v) is 6.45. The van der Waals surface area contributed by atoms with Crippen molar-refractivity contribution < 1.29 is 4.39 Å². The molecular weight excluding hydrogens is 337 g/mol. The number of benzene rings is 1. The fraction of sp³-hybridized carbons (Fsp3) is 0.217. The molecule has 0 aliphatic heterocycles. The highest BCUT2D eigenvalue weighted by Crippen LogP contribution is 2.26. The van der Waals surface area contributed by atoms with Crippen LogP contribution in [-0.2, 0) is 0 Å². The number of nitrogens with zero attached hydrogens (tertiary/aromatic N) is 2. The predicted octanol–water partition coefficient (Wildman–Crippen LogP) is 5.39. The summed E-state index contributed by atoms with van der Waals surface area (Å²) in [7, 11) is 0. The topological polar surface area (TPSA) is 37.3 Å². The standard InChI is InChI=1S/C23H24FN3/c1-25-22(19-9-11-21(24)12-10-19)23(20-13-16-26-17-14-20)27-15-5-8-18-6-3-2-4-7-18/h2-3,6,9-14,16-17,27H,1,4-5,7-8,15H2/b23-22-. The lowest BCUT2D eigenvalue weighted by Crippen LogP contribution is -2.16. The lowest BCUT2D eigenvalue weighted by Gasteiger charge is -2.16. The van der Waals surface area contributed by atoms with Crippen molar-refractivity contribution in [2.24, 2.45) is 4.99 Å². The fourth-order valence-corrected chi connectivity index (χ4v) is 3.15. The average Bonchev–Trinajstić information content (AvgIpc) is 2.73. The smallest absolute Gasteiger partial charge is 0.123 e. The molecule has 0 bridgehead atoms. The number of aliphatic imine (C=N–C) groups is 1. The minimum Gasteiger partial charge on any atom is -0.383 e. The first-order valence-electron chi connectivity index (χ1n) is 9.23. The van der Waals surface area contributed by atoms with E-state index >= 15 is 0 Å². The van der Waals surface area contributed by atoms with Gasteiger partial charge < -0.3 is 5.32 Å². The monoisotopic (exact) mass is 361 g/mol. The van der Waals surface area contributed by atoms with Gasteiger partial charge in [0.2, 0.25) is 0 Å². The zero-order valence-electron chi connectivity index (χ0n) is 15.4. The Morgan fingerprint density at radius 1 is 1.11 bits per heavy atom. The number of rotatable bonds is 8. The van der Waals surface area contributed by atoms with Crippen LogP contribution in [0.3, 0.4) is 0 Å². The van der Waals surface area contributed by atoms with Crippen molar-refractivity contribution in [1.29, 1.82) is 0 Å². The van der Waals surface area contributed by atoms with Crippen LogP contribution in [-0.4, -0.2) is 18.2 Å². The third kappa shape index (κ3) is 5.23. The Bertz CT molecular complexity index is 849. The van der Waals surface area contributed by atoms with E-state index in [2.05, 4.69) is 40.2 Å². The third-order valence-corrected chi connectivity index (χ3v) is 4.56. The van der Waals surface area contributed by atoms with Gasteiger partial charge in [-0.1, -0.05) is 23.8 Å². The first-order chi connectivity index (χ1) is 13.3. The summed E-state index contributed by atoms with van der Waals surface area (Å²) in [5.41, 5.74) is 4.90. The molecule has 1 aliphatic carbocycles. The molecule has 3 rings (SSSR count). The predicted molar refractivity (Wildman–Crippen MR) is 111 cm³/mol. The maximum Gasteiger partial charge on any atom is 0.123 e. The van der Waals surface area contributed by atoms with E-state index in [0.29, 0.717) is 5.70 Å². The first-order valence-corrected chi connectivity index (χ1v) is 9.23. The Morgan fingerprint density at radius 2 is 1.89 bits per heavy atom. The van der Waals surface area contributed by atoms with Gasteiger partial charge in [0.05, 0.1) is 11.4 Å². The molecule has 0 fully saturated rings. The summed E-state index contributed by atoms with van der Waals surface area (Å²) in [5.74, 6) is -0.268. The van der Waals surface area contributed by atoms with E-state index in [9.17, 15) is 4.39 Å². The van der Waals surface area contributed by atoms with Gasteiger partial charge in [0.25, 0.3) is 0 Å². The zero-order chi connectivity index (χ0) is 18.9. The van der Waals surface area contributed by atoms with Gasteiger partial charge >= 0.3 is 0 Å². The van der Waals surface area contributed by atoms with Crippen LogP contribution < -0.4 is 5.32 Å². The van der Waals surface area contributed by atoms with Crippen LogP contribution >= 0.6 is 0 Å². The van der Waals surface area contributed by atoms with Gasteiger partial charge in [-0.3, -0.25) is 9.98 Å². The maximum atomic E-state index is 13.3. The molecule has 0 amide bonds. The molecule has 0 radical (unpaired) electrons. The maximum absolute atomic E-state index is 13.3. The van der Waals surface area contributed by atoms with Crippen LogP contribution in [0.5, 0.6) is 0 Å². The van der Waals surface area contributed by atoms with Crippen LogP contribution in [0.1, 0.15) is 36.8 Å². The number of allylic oxidation sites excluding steroid dienone is 4. The lowest BCUT2D eigenvalue weighted by atomic mass is 10.0. The Morgan fingerprint density at radius 3 is 2.56 bits per heavy atom. The van der Waals surface area contributed by atoms with Crippen molar-refractivity contribution >= 4 is 18.1 Å². The fourth-order valence-electron chi connectivity index (χ4n) is 3.15. The van der Waals surface area contributed by atoms with Crippen LogP contribution in [0.4, 0.5) is 4.39 Å². The molecule has 0 spiro atoms. The van der Waals surface area contributed by atoms with Gasteiger partial charge in [0.15, 0.2) is 0 Å². The SMILES string of the molecule is C=N/C(=C(\NCCCC1=CC=CCC1)c1ccncc1)c1ccc(F)cc1. The summed E-state index contributed by atoms with van der Waals surface area (Å²) in [6.07, 6.45) is 14.5. The molecule has 2 aromatic rings. The normalized spacial score (nSPS) is 14.3. The molecule has 1 aromatic heterocycles. The van der Waals surface area contributed by atoms with E-state index in [1.54, 1.807) is 24.5 Å². The number of hydrogen-bond acceptors (Lipinski definition) is 3. The molecular formula is C23H24FN3. The number of pyridine rings is 1. The summed E-state index contributed by atoms with van der Waals surface area (Å²) >= 11 is 0. The third-order valence-electron chi connectivity index (χ3n) is 4.56. The second-order valence-electron chi connectivity index (χ2n) is 6.45. The largest absolute Gasteiger partial charge is 0.383 e. The van der Waals surface area contributed by atoms with Crippen molar-refractivity contribution in [3.8, 4) is 0 Å². The van der Waals surface area contributed by atoms with Crippen molar-refractivity contribution in [3.05, 3.63) is 89.5 Å². The molecule has 1 N–H and O–H groups in total. The van der Waals surface area contributed by atoms with E-state index < -0.39 is 0 Å². The van der Waals surface area contributed by atoms with E-state index in [4.69, 9.17) is 0 Å². The van der Waals surface area contributed by atoms with Crippen LogP contribution in [0.25, 0.3) is 11.4 Å². The van der Waals surface area contributed by atoms with Gasteiger partial charge in [0, 0.05) is 30.1 Å². The molecule has 1 aliphatic rings. The Labute approximate surface area is 160 Å². The minimum atomic E-state index is -0.268. The molecule has 0 saturated heterocycles. The molecule has 3 nitrogen and oxygen atoms in total. The van der Waals surface area contributed by atoms with Gasteiger partial charge in [-0.25, -0.2) is 4.39 Å². The Hall–Kier alpha value is -3.01.